The van der Waals surface area contributed by atoms with Crippen LogP contribution in [0.4, 0.5) is 18.4 Å². The van der Waals surface area contributed by atoms with Crippen molar-refractivity contribution in [2.45, 2.75) is 78.3 Å². The van der Waals surface area contributed by atoms with Crippen LogP contribution in [0.5, 0.6) is 5.75 Å². The number of benzene rings is 2. The third-order valence-electron chi connectivity index (χ3n) is 7.59. The molecule has 2 saturated heterocycles. The maximum atomic E-state index is 14.1. The van der Waals surface area contributed by atoms with E-state index in [4.69, 9.17) is 14.2 Å². The predicted molar refractivity (Wildman–Crippen MR) is 155 cm³/mol. The summed E-state index contributed by atoms with van der Waals surface area (Å²) in [6, 6.07) is 10.9. The molecule has 1 N–H and O–H groups in total. The summed E-state index contributed by atoms with van der Waals surface area (Å²) >= 11 is 0. The van der Waals surface area contributed by atoms with Gasteiger partial charge in [0.25, 0.3) is 0 Å². The van der Waals surface area contributed by atoms with Gasteiger partial charge in [-0.1, -0.05) is 51.1 Å². The van der Waals surface area contributed by atoms with Crippen LogP contribution in [-0.4, -0.2) is 71.3 Å². The Morgan fingerprint density at radius 2 is 1.67 bits per heavy atom. The number of alkyl carbamates (subject to hydrolysis) is 1. The summed E-state index contributed by atoms with van der Waals surface area (Å²) in [7, 11) is 0. The minimum Gasteiger partial charge on any atom is -0.493 e. The van der Waals surface area contributed by atoms with E-state index in [1.165, 1.54) is 6.07 Å². The van der Waals surface area contributed by atoms with E-state index in [1.54, 1.807) is 30.6 Å². The van der Waals surface area contributed by atoms with Gasteiger partial charge in [0.15, 0.2) is 11.6 Å². The predicted octanol–water partition coefficient (Wildman–Crippen LogP) is 5.52. The topological polar surface area (TPSA) is 97.4 Å². The number of likely N-dealkylation sites (tertiary alicyclic amines) is 2. The highest BCUT2D eigenvalue weighted by Crippen LogP contribution is 2.38. The summed E-state index contributed by atoms with van der Waals surface area (Å²) in [5.74, 6) is -2.56. The molecule has 2 aliphatic rings. The van der Waals surface area contributed by atoms with Crippen LogP contribution in [0.1, 0.15) is 53.5 Å². The minimum atomic E-state index is -1.04. The highest BCUT2D eigenvalue weighted by Gasteiger charge is 2.54. The lowest BCUT2D eigenvalue weighted by molar-refractivity contribution is -0.137. The van der Waals surface area contributed by atoms with Crippen molar-refractivity contribution in [1.29, 1.82) is 0 Å². The number of ether oxygens (including phenoxy) is 3. The quantitative estimate of drug-likeness (QED) is 0.449. The van der Waals surface area contributed by atoms with Crippen LogP contribution in [0.2, 0.25) is 0 Å². The van der Waals surface area contributed by atoms with Crippen LogP contribution >= 0.6 is 0 Å². The zero-order valence-corrected chi connectivity index (χ0v) is 25.6. The number of halogens is 2. The second-order valence-corrected chi connectivity index (χ2v) is 13.2. The number of carbonyl (C=O) groups is 3. The highest BCUT2D eigenvalue weighted by atomic mass is 19.2. The number of hydrogen-bond acceptors (Lipinski definition) is 6. The zero-order valence-electron chi connectivity index (χ0n) is 25.6. The molecule has 2 heterocycles. The van der Waals surface area contributed by atoms with Gasteiger partial charge >= 0.3 is 12.2 Å². The maximum absolute atomic E-state index is 14.1. The van der Waals surface area contributed by atoms with Gasteiger partial charge in [0, 0.05) is 25.1 Å². The maximum Gasteiger partial charge on any atom is 0.410 e. The average molecular weight is 602 g/mol. The fraction of sp³-hybridized carbons (Fsp3) is 0.531. The fourth-order valence-corrected chi connectivity index (χ4v) is 5.63. The minimum absolute atomic E-state index is 0.0398. The molecular weight excluding hydrogens is 560 g/mol. The van der Waals surface area contributed by atoms with E-state index in [0.29, 0.717) is 13.0 Å². The number of nitrogens with zero attached hydrogens (tertiary/aromatic N) is 2. The van der Waals surface area contributed by atoms with Gasteiger partial charge in [0.1, 0.15) is 24.0 Å². The Morgan fingerprint density at radius 1 is 0.977 bits per heavy atom. The van der Waals surface area contributed by atoms with Crippen molar-refractivity contribution in [2.24, 2.45) is 11.3 Å². The summed E-state index contributed by atoms with van der Waals surface area (Å²) in [5.41, 5.74) is -0.562. The molecule has 0 unspecified atom stereocenters. The Kier molecular flexibility index (Phi) is 9.51. The molecule has 2 aromatic carbocycles. The number of amides is 3. The van der Waals surface area contributed by atoms with Crippen molar-refractivity contribution < 1.29 is 37.4 Å². The van der Waals surface area contributed by atoms with Gasteiger partial charge in [-0.2, -0.15) is 0 Å². The molecule has 43 heavy (non-hydrogen) atoms. The Morgan fingerprint density at radius 3 is 2.30 bits per heavy atom. The SMILES string of the molecule is CC(C)(C)OC(=O)N[C@H](C(=O)N1CC[C@@H]2[C@H]1[C@@H](COc1ccc(F)c(F)c1)CN2C(=O)OCc1ccccc1)C(C)(C)C. The van der Waals surface area contributed by atoms with Crippen molar-refractivity contribution in [3.8, 4) is 5.75 Å². The molecular formula is C32H41F2N3O6. The molecule has 0 saturated carbocycles. The number of hydrogen-bond donors (Lipinski definition) is 1. The zero-order chi connectivity index (χ0) is 31.5. The van der Waals surface area contributed by atoms with Gasteiger partial charge in [-0.05, 0) is 50.3 Å². The monoisotopic (exact) mass is 601 g/mol. The van der Waals surface area contributed by atoms with E-state index >= 15 is 0 Å². The van der Waals surface area contributed by atoms with E-state index < -0.39 is 46.9 Å². The normalized spacial score (nSPS) is 20.8. The Hall–Kier alpha value is -3.89. The van der Waals surface area contributed by atoms with Crippen LogP contribution in [0.3, 0.4) is 0 Å². The summed E-state index contributed by atoms with van der Waals surface area (Å²) in [5, 5.41) is 2.76. The second kappa shape index (κ2) is 12.8. The van der Waals surface area contributed by atoms with Crippen LogP contribution in [-0.2, 0) is 20.9 Å². The Balaban J connectivity index is 1.56. The molecule has 11 heteroatoms. The van der Waals surface area contributed by atoms with E-state index in [0.717, 1.165) is 17.7 Å². The molecule has 4 rings (SSSR count). The van der Waals surface area contributed by atoms with Crippen LogP contribution in [0, 0.1) is 23.0 Å². The molecule has 0 bridgehead atoms. The smallest absolute Gasteiger partial charge is 0.410 e. The summed E-state index contributed by atoms with van der Waals surface area (Å²) in [4.78, 5) is 43.5. The summed E-state index contributed by atoms with van der Waals surface area (Å²) in [6.07, 6.45) is -0.711. The number of carbonyl (C=O) groups excluding carboxylic acids is 3. The molecule has 0 radical (unpaired) electrons. The first kappa shape index (κ1) is 32.0. The molecule has 0 aromatic heterocycles. The molecule has 2 aromatic rings. The molecule has 234 valence electrons. The molecule has 2 aliphatic heterocycles. The second-order valence-electron chi connectivity index (χ2n) is 13.2. The van der Waals surface area contributed by atoms with E-state index in [9.17, 15) is 23.2 Å². The number of fused-ring (bicyclic) bond motifs is 1. The number of rotatable bonds is 7. The van der Waals surface area contributed by atoms with Crippen molar-refractivity contribution >= 4 is 18.1 Å². The summed E-state index contributed by atoms with van der Waals surface area (Å²) in [6.45, 7) is 11.5. The molecule has 3 amide bonds. The van der Waals surface area contributed by atoms with E-state index in [2.05, 4.69) is 5.32 Å². The van der Waals surface area contributed by atoms with Crippen LogP contribution in [0.25, 0.3) is 0 Å². The van der Waals surface area contributed by atoms with Gasteiger partial charge in [-0.3, -0.25) is 4.79 Å². The van der Waals surface area contributed by atoms with Crippen molar-refractivity contribution in [3.63, 3.8) is 0 Å². The molecule has 9 nitrogen and oxygen atoms in total. The van der Waals surface area contributed by atoms with Gasteiger partial charge in [-0.15, -0.1) is 0 Å². The van der Waals surface area contributed by atoms with Crippen LogP contribution < -0.4 is 10.1 Å². The third-order valence-corrected chi connectivity index (χ3v) is 7.59. The first-order valence-corrected chi connectivity index (χ1v) is 14.5. The lowest BCUT2D eigenvalue weighted by atomic mass is 9.85. The van der Waals surface area contributed by atoms with E-state index in [1.807, 2.05) is 51.1 Å². The standard InChI is InChI=1S/C32H41F2N3O6/c1-31(2,3)27(35-29(39)43-32(4,5)6)28(38)36-15-14-25-26(36)21(19-41-22-12-13-23(33)24(34)16-22)17-37(25)30(40)42-18-20-10-8-7-9-11-20/h7-13,16,21,25-27H,14-15,17-19H2,1-6H3,(H,35,39)/t21-,25-,26-,27-/m1/s1. The lowest BCUT2D eigenvalue weighted by Gasteiger charge is -2.37. The van der Waals surface area contributed by atoms with Gasteiger partial charge in [0.2, 0.25) is 5.91 Å². The fourth-order valence-electron chi connectivity index (χ4n) is 5.63. The van der Waals surface area contributed by atoms with Crippen molar-refractivity contribution in [3.05, 3.63) is 65.7 Å². The van der Waals surface area contributed by atoms with E-state index in [-0.39, 0.29) is 43.4 Å². The molecule has 0 spiro atoms. The van der Waals surface area contributed by atoms with Gasteiger partial charge in [0.05, 0.1) is 18.7 Å². The van der Waals surface area contributed by atoms with Gasteiger partial charge < -0.3 is 29.3 Å². The first-order valence-electron chi connectivity index (χ1n) is 14.5. The number of nitrogens with one attached hydrogen (secondary N) is 1. The average Bonchev–Trinajstić information content (AvgIpc) is 3.51. The Labute approximate surface area is 251 Å². The molecule has 0 aliphatic carbocycles. The summed E-state index contributed by atoms with van der Waals surface area (Å²) < 4.78 is 44.2. The Bertz CT molecular complexity index is 1310. The lowest BCUT2D eigenvalue weighted by Crippen LogP contribution is -2.57. The van der Waals surface area contributed by atoms with Gasteiger partial charge in [-0.25, -0.2) is 18.4 Å². The molecule has 4 atom stereocenters. The third kappa shape index (κ3) is 7.94. The van der Waals surface area contributed by atoms with Crippen LogP contribution in [0.15, 0.2) is 48.5 Å². The first-order chi connectivity index (χ1) is 20.1. The van der Waals surface area contributed by atoms with Crippen molar-refractivity contribution in [1.82, 2.24) is 15.1 Å². The highest BCUT2D eigenvalue weighted by molar-refractivity contribution is 5.87. The van der Waals surface area contributed by atoms with Crippen molar-refractivity contribution in [2.75, 3.05) is 19.7 Å². The largest absolute Gasteiger partial charge is 0.493 e. The molecule has 2 fully saturated rings.